The lowest BCUT2D eigenvalue weighted by Crippen LogP contribution is -2.11. The molecule has 0 unspecified atom stereocenters. The summed E-state index contributed by atoms with van der Waals surface area (Å²) in [4.78, 5) is 0. The molecule has 0 fully saturated rings. The summed E-state index contributed by atoms with van der Waals surface area (Å²) in [5.74, 6) is 0.622. The quantitative estimate of drug-likeness (QED) is 0.678. The minimum Gasteiger partial charge on any atom is -0.153 e. The molecule has 0 N–H and O–H groups in total. The van der Waals surface area contributed by atoms with Crippen molar-refractivity contribution in [3.8, 4) is 0 Å². The second-order valence-electron chi connectivity index (χ2n) is 1.72. The SMILES string of the molecule is ClC(Cl)(Cl)CSCC(Cl)(Cl)Cl. The van der Waals surface area contributed by atoms with Crippen LogP contribution in [0.15, 0.2) is 0 Å². The fourth-order valence-electron chi connectivity index (χ4n) is 0.282. The molecule has 0 bridgehead atoms. The van der Waals surface area contributed by atoms with Crippen LogP contribution in [0.1, 0.15) is 0 Å². The van der Waals surface area contributed by atoms with Crippen molar-refractivity contribution < 1.29 is 0 Å². The van der Waals surface area contributed by atoms with Gasteiger partial charge < -0.3 is 0 Å². The van der Waals surface area contributed by atoms with Gasteiger partial charge in [0.25, 0.3) is 0 Å². The van der Waals surface area contributed by atoms with Gasteiger partial charge in [-0.3, -0.25) is 0 Å². The molecular weight excluding hydrogens is 293 g/mol. The van der Waals surface area contributed by atoms with Crippen molar-refractivity contribution in [2.24, 2.45) is 0 Å². The maximum absolute atomic E-state index is 5.44. The molecule has 0 spiro atoms. The van der Waals surface area contributed by atoms with E-state index in [0.717, 1.165) is 0 Å². The first-order chi connectivity index (χ1) is 4.71. The Kier molecular flexibility index (Phi) is 6.06. The molecule has 0 aliphatic heterocycles. The minimum absolute atomic E-state index is 0.311. The highest BCUT2D eigenvalue weighted by atomic mass is 35.6. The van der Waals surface area contributed by atoms with E-state index in [1.807, 2.05) is 0 Å². The lowest BCUT2D eigenvalue weighted by atomic mass is 10.9. The first-order valence-electron chi connectivity index (χ1n) is 2.42. The monoisotopic (exact) mass is 294 g/mol. The van der Waals surface area contributed by atoms with Gasteiger partial charge in [0.15, 0.2) is 7.59 Å². The number of hydrogen-bond acceptors (Lipinski definition) is 1. The van der Waals surface area contributed by atoms with E-state index in [2.05, 4.69) is 0 Å². The highest BCUT2D eigenvalue weighted by molar-refractivity contribution is 7.99. The van der Waals surface area contributed by atoms with E-state index in [-0.39, 0.29) is 0 Å². The summed E-state index contributed by atoms with van der Waals surface area (Å²) in [6.45, 7) is 0. The topological polar surface area (TPSA) is 0 Å². The summed E-state index contributed by atoms with van der Waals surface area (Å²) in [5, 5.41) is 0. The fourth-order valence-corrected chi connectivity index (χ4v) is 2.24. The zero-order chi connectivity index (χ0) is 9.12. The van der Waals surface area contributed by atoms with E-state index in [9.17, 15) is 0 Å². The molecule has 0 atom stereocenters. The molecule has 11 heavy (non-hydrogen) atoms. The third-order valence-electron chi connectivity index (χ3n) is 0.531. The summed E-state index contributed by atoms with van der Waals surface area (Å²) in [6, 6.07) is 0. The van der Waals surface area contributed by atoms with E-state index in [0.29, 0.717) is 11.5 Å². The Morgan fingerprint density at radius 2 is 1.00 bits per heavy atom. The van der Waals surface area contributed by atoms with Crippen LogP contribution in [0.4, 0.5) is 0 Å². The van der Waals surface area contributed by atoms with Gasteiger partial charge in [-0.1, -0.05) is 69.6 Å². The van der Waals surface area contributed by atoms with Crippen molar-refractivity contribution in [3.05, 3.63) is 0 Å². The second-order valence-corrected chi connectivity index (χ2v) is 7.74. The van der Waals surface area contributed by atoms with E-state index in [4.69, 9.17) is 69.6 Å². The van der Waals surface area contributed by atoms with Gasteiger partial charge in [-0.15, -0.1) is 0 Å². The normalized spacial score (nSPS) is 13.6. The Morgan fingerprint density at radius 1 is 0.727 bits per heavy atom. The Bertz CT molecular complexity index is 98.7. The highest BCUT2D eigenvalue weighted by Gasteiger charge is 2.24. The van der Waals surface area contributed by atoms with Crippen LogP contribution in [0, 0.1) is 0 Å². The third kappa shape index (κ3) is 12.1. The standard InChI is InChI=1S/C4H4Cl6S/c5-3(6,7)1-11-2-4(8,9)10/h1-2H2. The molecule has 0 aliphatic carbocycles. The Balaban J connectivity index is 3.44. The maximum Gasteiger partial charge on any atom is 0.199 e. The summed E-state index contributed by atoms with van der Waals surface area (Å²) >= 11 is 33.9. The predicted molar refractivity (Wildman–Crippen MR) is 57.9 cm³/mol. The molecule has 0 aromatic rings. The molecule has 7 heteroatoms. The molecule has 0 aromatic heterocycles. The van der Waals surface area contributed by atoms with Crippen LogP contribution < -0.4 is 0 Å². The molecule has 68 valence electrons. The van der Waals surface area contributed by atoms with Gasteiger partial charge in [-0.25, -0.2) is 0 Å². The molecule has 0 aromatic carbocycles. The Morgan fingerprint density at radius 3 is 1.18 bits per heavy atom. The lowest BCUT2D eigenvalue weighted by molar-refractivity contribution is 1.24. The zero-order valence-corrected chi connectivity index (χ0v) is 10.4. The van der Waals surface area contributed by atoms with Crippen LogP contribution in [-0.2, 0) is 0 Å². The van der Waals surface area contributed by atoms with Crippen LogP contribution in [0.25, 0.3) is 0 Å². The number of hydrogen-bond donors (Lipinski definition) is 0. The van der Waals surface area contributed by atoms with Crippen molar-refractivity contribution >= 4 is 81.4 Å². The van der Waals surface area contributed by atoms with Crippen molar-refractivity contribution in [3.63, 3.8) is 0 Å². The first kappa shape index (κ1) is 13.1. The number of alkyl halides is 6. The van der Waals surface area contributed by atoms with E-state index >= 15 is 0 Å². The van der Waals surface area contributed by atoms with Crippen LogP contribution >= 0.6 is 81.4 Å². The molecule has 0 nitrogen and oxygen atoms in total. The van der Waals surface area contributed by atoms with Crippen molar-refractivity contribution in [1.29, 1.82) is 0 Å². The van der Waals surface area contributed by atoms with Crippen molar-refractivity contribution in [2.75, 3.05) is 11.5 Å². The predicted octanol–water partition coefficient (Wildman–Crippen LogP) is 4.46. The summed E-state index contributed by atoms with van der Waals surface area (Å²) < 4.78 is -2.55. The van der Waals surface area contributed by atoms with Crippen molar-refractivity contribution in [2.45, 2.75) is 7.59 Å². The molecule has 0 aliphatic rings. The summed E-state index contributed by atoms with van der Waals surface area (Å²) in [6.07, 6.45) is 0. The largest absolute Gasteiger partial charge is 0.199 e. The first-order valence-corrected chi connectivity index (χ1v) is 5.84. The lowest BCUT2D eigenvalue weighted by Gasteiger charge is -2.13. The minimum atomic E-state index is -1.28. The van der Waals surface area contributed by atoms with Gasteiger partial charge in [0.1, 0.15) is 0 Å². The van der Waals surface area contributed by atoms with Gasteiger partial charge >= 0.3 is 0 Å². The average molecular weight is 297 g/mol. The van der Waals surface area contributed by atoms with Gasteiger partial charge in [-0.05, 0) is 0 Å². The number of halogens is 6. The van der Waals surface area contributed by atoms with E-state index in [1.165, 1.54) is 11.8 Å². The second kappa shape index (κ2) is 5.09. The van der Waals surface area contributed by atoms with Gasteiger partial charge in [-0.2, -0.15) is 11.8 Å². The maximum atomic E-state index is 5.44. The molecule has 0 amide bonds. The molecule has 0 rings (SSSR count). The third-order valence-corrected chi connectivity index (χ3v) is 3.56. The zero-order valence-electron chi connectivity index (χ0n) is 5.09. The molecular formula is C4H4Cl6S. The smallest absolute Gasteiger partial charge is 0.153 e. The van der Waals surface area contributed by atoms with Gasteiger partial charge in [0.2, 0.25) is 0 Å². The number of rotatable bonds is 2. The summed E-state index contributed by atoms with van der Waals surface area (Å²) in [5.41, 5.74) is 0. The molecule has 0 saturated heterocycles. The van der Waals surface area contributed by atoms with E-state index in [1.54, 1.807) is 0 Å². The summed E-state index contributed by atoms with van der Waals surface area (Å²) in [7, 11) is 0. The van der Waals surface area contributed by atoms with Gasteiger partial charge in [0.05, 0.1) is 0 Å². The van der Waals surface area contributed by atoms with Crippen LogP contribution in [0.2, 0.25) is 0 Å². The van der Waals surface area contributed by atoms with Crippen LogP contribution in [0.5, 0.6) is 0 Å². The van der Waals surface area contributed by atoms with Gasteiger partial charge in [0, 0.05) is 11.5 Å². The van der Waals surface area contributed by atoms with Crippen LogP contribution in [0.3, 0.4) is 0 Å². The number of thioether (sulfide) groups is 1. The average Bonchev–Trinajstić information content (AvgIpc) is 1.55. The van der Waals surface area contributed by atoms with E-state index < -0.39 is 7.59 Å². The highest BCUT2D eigenvalue weighted by Crippen LogP contribution is 2.35. The van der Waals surface area contributed by atoms with Crippen molar-refractivity contribution in [1.82, 2.24) is 0 Å². The molecule has 0 heterocycles. The van der Waals surface area contributed by atoms with Crippen LogP contribution in [-0.4, -0.2) is 19.1 Å². The molecule has 0 saturated carbocycles. The fraction of sp³-hybridized carbons (Fsp3) is 1.00. The Hall–Kier alpha value is 2.09. The Labute approximate surface area is 99.8 Å². The molecule has 0 radical (unpaired) electrons.